The highest BCUT2D eigenvalue weighted by atomic mass is 16.3. The monoisotopic (exact) mass is 224 g/mol. The van der Waals surface area contributed by atoms with Crippen LogP contribution in [0.2, 0.25) is 0 Å². The van der Waals surface area contributed by atoms with Crippen LogP contribution in [0.1, 0.15) is 59.8 Å². The molecule has 2 aliphatic rings. The Balaban J connectivity index is 2.31. The average molecular weight is 224 g/mol. The van der Waals surface area contributed by atoms with Crippen molar-refractivity contribution in [3.63, 3.8) is 0 Å². The van der Waals surface area contributed by atoms with Gasteiger partial charge in [0.25, 0.3) is 0 Å². The van der Waals surface area contributed by atoms with E-state index >= 15 is 0 Å². The molecule has 1 N–H and O–H groups in total. The van der Waals surface area contributed by atoms with Crippen molar-refractivity contribution in [2.75, 3.05) is 6.61 Å². The Labute approximate surface area is 101 Å². The van der Waals surface area contributed by atoms with E-state index in [-0.39, 0.29) is 0 Å². The largest absolute Gasteiger partial charge is 0.396 e. The SMILES string of the molecule is C[C@@H]1CC[C@H]2C(C)(C)CCC[C@]2(C)[C@H]1CO. The molecule has 2 saturated carbocycles. The first-order valence-electron chi connectivity index (χ1n) is 7.02. The van der Waals surface area contributed by atoms with Crippen LogP contribution >= 0.6 is 0 Å². The molecule has 1 heteroatoms. The van der Waals surface area contributed by atoms with Crippen LogP contribution in [-0.4, -0.2) is 11.7 Å². The minimum absolute atomic E-state index is 0.393. The van der Waals surface area contributed by atoms with Crippen molar-refractivity contribution in [1.29, 1.82) is 0 Å². The Morgan fingerprint density at radius 3 is 2.44 bits per heavy atom. The second kappa shape index (κ2) is 4.01. The Morgan fingerprint density at radius 1 is 1.12 bits per heavy atom. The van der Waals surface area contributed by atoms with Crippen molar-refractivity contribution in [2.45, 2.75) is 59.8 Å². The van der Waals surface area contributed by atoms with Gasteiger partial charge in [0.1, 0.15) is 0 Å². The lowest BCUT2D eigenvalue weighted by Crippen LogP contribution is -2.52. The maximum atomic E-state index is 9.74. The summed E-state index contributed by atoms with van der Waals surface area (Å²) in [5.41, 5.74) is 0.884. The third-order valence-corrected chi connectivity index (χ3v) is 5.92. The van der Waals surface area contributed by atoms with E-state index in [1.54, 1.807) is 0 Å². The molecule has 2 fully saturated rings. The van der Waals surface area contributed by atoms with Crippen molar-refractivity contribution in [3.05, 3.63) is 0 Å². The first kappa shape index (κ1) is 12.4. The van der Waals surface area contributed by atoms with Gasteiger partial charge in [0.15, 0.2) is 0 Å². The smallest absolute Gasteiger partial charge is 0.0467 e. The molecule has 1 nitrogen and oxygen atoms in total. The maximum absolute atomic E-state index is 9.74. The number of rotatable bonds is 1. The van der Waals surface area contributed by atoms with E-state index in [2.05, 4.69) is 27.7 Å². The second-order valence-electron chi connectivity index (χ2n) is 7.24. The summed E-state index contributed by atoms with van der Waals surface area (Å²) < 4.78 is 0. The summed E-state index contributed by atoms with van der Waals surface area (Å²) in [6.45, 7) is 10.1. The summed E-state index contributed by atoms with van der Waals surface area (Å²) in [6, 6.07) is 0. The van der Waals surface area contributed by atoms with Gasteiger partial charge >= 0.3 is 0 Å². The second-order valence-corrected chi connectivity index (χ2v) is 7.24. The summed E-state index contributed by atoms with van der Waals surface area (Å²) in [6.07, 6.45) is 6.75. The van der Waals surface area contributed by atoms with Crippen molar-refractivity contribution in [2.24, 2.45) is 28.6 Å². The normalized spacial score (nSPS) is 47.4. The van der Waals surface area contributed by atoms with Crippen LogP contribution in [0.4, 0.5) is 0 Å². The molecule has 16 heavy (non-hydrogen) atoms. The molecular weight excluding hydrogens is 196 g/mol. The number of aliphatic hydroxyl groups excluding tert-OH is 1. The quantitative estimate of drug-likeness (QED) is 0.717. The van der Waals surface area contributed by atoms with E-state index in [9.17, 15) is 5.11 Å². The van der Waals surface area contributed by atoms with Gasteiger partial charge in [0.05, 0.1) is 0 Å². The molecular formula is C15H28O. The van der Waals surface area contributed by atoms with Gasteiger partial charge in [-0.05, 0) is 47.8 Å². The third kappa shape index (κ3) is 1.72. The Kier molecular flexibility index (Phi) is 3.11. The molecule has 0 saturated heterocycles. The lowest BCUT2D eigenvalue weighted by Gasteiger charge is -2.58. The van der Waals surface area contributed by atoms with Gasteiger partial charge in [-0.1, -0.05) is 40.5 Å². The summed E-state index contributed by atoms with van der Waals surface area (Å²) >= 11 is 0. The molecule has 0 aromatic rings. The van der Waals surface area contributed by atoms with Crippen molar-refractivity contribution >= 4 is 0 Å². The Hall–Kier alpha value is -0.0400. The molecule has 0 aromatic carbocycles. The van der Waals surface area contributed by atoms with E-state index in [1.165, 1.54) is 32.1 Å². The molecule has 2 aliphatic carbocycles. The molecule has 0 heterocycles. The fourth-order valence-corrected chi connectivity index (χ4v) is 5.00. The molecule has 94 valence electrons. The molecule has 0 aliphatic heterocycles. The minimum atomic E-state index is 0.393. The van der Waals surface area contributed by atoms with E-state index < -0.39 is 0 Å². The van der Waals surface area contributed by atoms with Gasteiger partial charge in [-0.25, -0.2) is 0 Å². The molecule has 0 bridgehead atoms. The predicted molar refractivity (Wildman–Crippen MR) is 68.2 cm³/mol. The van der Waals surface area contributed by atoms with Gasteiger partial charge < -0.3 is 5.11 Å². The van der Waals surface area contributed by atoms with Gasteiger partial charge in [-0.2, -0.15) is 0 Å². The maximum Gasteiger partial charge on any atom is 0.0467 e. The zero-order valence-corrected chi connectivity index (χ0v) is 11.4. The van der Waals surface area contributed by atoms with E-state index in [0.29, 0.717) is 29.3 Å². The highest BCUT2D eigenvalue weighted by Crippen LogP contribution is 2.60. The number of hydrogen-bond donors (Lipinski definition) is 1. The van der Waals surface area contributed by atoms with Crippen LogP contribution in [-0.2, 0) is 0 Å². The van der Waals surface area contributed by atoms with Gasteiger partial charge in [-0.15, -0.1) is 0 Å². The molecule has 0 spiro atoms. The topological polar surface area (TPSA) is 20.2 Å². The standard InChI is InChI=1S/C15H28O/c1-11-6-7-13-14(2,3)8-5-9-15(13,4)12(11)10-16/h11-13,16H,5-10H2,1-4H3/t11-,12+,13+,15-/m1/s1. The van der Waals surface area contributed by atoms with Gasteiger partial charge in [0.2, 0.25) is 0 Å². The molecule has 0 aromatic heterocycles. The van der Waals surface area contributed by atoms with Crippen molar-refractivity contribution in [1.82, 2.24) is 0 Å². The van der Waals surface area contributed by atoms with Gasteiger partial charge in [0, 0.05) is 6.61 Å². The van der Waals surface area contributed by atoms with Crippen LogP contribution in [0.15, 0.2) is 0 Å². The first-order chi connectivity index (χ1) is 7.42. The summed E-state index contributed by atoms with van der Waals surface area (Å²) in [5, 5.41) is 9.74. The van der Waals surface area contributed by atoms with E-state index in [4.69, 9.17) is 0 Å². The minimum Gasteiger partial charge on any atom is -0.396 e. The number of aliphatic hydroxyl groups is 1. The zero-order chi connectivity index (χ0) is 12.0. The van der Waals surface area contributed by atoms with Crippen LogP contribution in [0.25, 0.3) is 0 Å². The van der Waals surface area contributed by atoms with Crippen molar-refractivity contribution in [3.8, 4) is 0 Å². The molecule has 2 rings (SSSR count). The van der Waals surface area contributed by atoms with Crippen molar-refractivity contribution < 1.29 is 5.11 Å². The van der Waals surface area contributed by atoms with E-state index in [1.807, 2.05) is 0 Å². The predicted octanol–water partition coefficient (Wildman–Crippen LogP) is 3.86. The summed E-state index contributed by atoms with van der Waals surface area (Å²) in [7, 11) is 0. The summed E-state index contributed by atoms with van der Waals surface area (Å²) in [5.74, 6) is 2.06. The van der Waals surface area contributed by atoms with Crippen LogP contribution in [0, 0.1) is 28.6 Å². The van der Waals surface area contributed by atoms with E-state index in [0.717, 1.165) is 5.92 Å². The highest BCUT2D eigenvalue weighted by Gasteiger charge is 2.53. The number of hydrogen-bond acceptors (Lipinski definition) is 1. The van der Waals surface area contributed by atoms with Crippen LogP contribution in [0.3, 0.4) is 0 Å². The van der Waals surface area contributed by atoms with Crippen LogP contribution < -0.4 is 0 Å². The molecule has 0 unspecified atom stereocenters. The first-order valence-corrected chi connectivity index (χ1v) is 7.02. The molecule has 0 radical (unpaired) electrons. The van der Waals surface area contributed by atoms with Gasteiger partial charge in [-0.3, -0.25) is 0 Å². The fraction of sp³-hybridized carbons (Fsp3) is 1.00. The molecule has 0 amide bonds. The lowest BCUT2D eigenvalue weighted by atomic mass is 9.47. The third-order valence-electron chi connectivity index (χ3n) is 5.92. The zero-order valence-electron chi connectivity index (χ0n) is 11.4. The lowest BCUT2D eigenvalue weighted by molar-refractivity contribution is -0.108. The average Bonchev–Trinajstić information content (AvgIpc) is 2.15. The fourth-order valence-electron chi connectivity index (χ4n) is 5.00. The number of fused-ring (bicyclic) bond motifs is 1. The Bertz CT molecular complexity index is 258. The Morgan fingerprint density at radius 2 is 1.81 bits per heavy atom. The molecule has 4 atom stereocenters. The summed E-state index contributed by atoms with van der Waals surface area (Å²) in [4.78, 5) is 0. The highest BCUT2D eigenvalue weighted by molar-refractivity contribution is 5.02. The van der Waals surface area contributed by atoms with Crippen LogP contribution in [0.5, 0.6) is 0 Å².